The third-order valence-corrected chi connectivity index (χ3v) is 5.22. The molecular weight excluding hydrogens is 321 g/mol. The standard InChI is InChI=1S/C19H26FN3O2/c1-14-6-9-22(10-7-14)18(24)12-17-19(25)23(11-8-21-17)13-15-4-2-3-5-16(15)20/h2-5,14,17,21H,6-13H2,1H3. The van der Waals surface area contributed by atoms with Crippen LogP contribution in [0.5, 0.6) is 0 Å². The molecule has 0 saturated carbocycles. The van der Waals surface area contributed by atoms with Gasteiger partial charge in [0.15, 0.2) is 0 Å². The lowest BCUT2D eigenvalue weighted by molar-refractivity contribution is -0.142. The number of nitrogens with zero attached hydrogens (tertiary/aromatic N) is 2. The van der Waals surface area contributed by atoms with Gasteiger partial charge >= 0.3 is 0 Å². The number of carbonyl (C=O) groups is 2. The SMILES string of the molecule is CC1CCN(C(=O)CC2NCCN(Cc3ccccc3F)C2=O)CC1. The van der Waals surface area contributed by atoms with Crippen molar-refractivity contribution in [3.8, 4) is 0 Å². The molecule has 2 heterocycles. The van der Waals surface area contributed by atoms with E-state index in [2.05, 4.69) is 12.2 Å². The summed E-state index contributed by atoms with van der Waals surface area (Å²) in [5.41, 5.74) is 0.507. The summed E-state index contributed by atoms with van der Waals surface area (Å²) in [7, 11) is 0. The summed E-state index contributed by atoms with van der Waals surface area (Å²) in [5, 5.41) is 3.15. The zero-order valence-electron chi connectivity index (χ0n) is 14.7. The first-order valence-electron chi connectivity index (χ1n) is 9.08. The van der Waals surface area contributed by atoms with Crippen molar-refractivity contribution in [2.45, 2.75) is 38.8 Å². The largest absolute Gasteiger partial charge is 0.343 e. The second kappa shape index (κ2) is 7.95. The number of piperidine rings is 1. The summed E-state index contributed by atoms with van der Waals surface area (Å²) >= 11 is 0. The summed E-state index contributed by atoms with van der Waals surface area (Å²) in [6, 6.07) is 6.00. The molecular formula is C19H26FN3O2. The van der Waals surface area contributed by atoms with E-state index in [0.717, 1.165) is 25.9 Å². The highest BCUT2D eigenvalue weighted by atomic mass is 19.1. The maximum atomic E-state index is 13.8. The minimum atomic E-state index is -0.507. The van der Waals surface area contributed by atoms with Crippen LogP contribution in [0.4, 0.5) is 4.39 Å². The van der Waals surface area contributed by atoms with Gasteiger partial charge in [-0.3, -0.25) is 9.59 Å². The highest BCUT2D eigenvalue weighted by Gasteiger charge is 2.32. The van der Waals surface area contributed by atoms with Crippen molar-refractivity contribution < 1.29 is 14.0 Å². The Bertz CT molecular complexity index is 629. The lowest BCUT2D eigenvalue weighted by Crippen LogP contribution is -2.56. The predicted molar refractivity (Wildman–Crippen MR) is 93.2 cm³/mol. The zero-order chi connectivity index (χ0) is 17.8. The van der Waals surface area contributed by atoms with E-state index in [1.54, 1.807) is 23.1 Å². The number of piperazine rings is 1. The maximum absolute atomic E-state index is 13.8. The summed E-state index contributed by atoms with van der Waals surface area (Å²) in [6.07, 6.45) is 2.23. The molecule has 0 bridgehead atoms. The number of carbonyl (C=O) groups excluding carboxylic acids is 2. The third-order valence-electron chi connectivity index (χ3n) is 5.22. The molecule has 1 aromatic carbocycles. The normalized spacial score (nSPS) is 22.3. The molecule has 2 amide bonds. The van der Waals surface area contributed by atoms with E-state index >= 15 is 0 Å². The minimum absolute atomic E-state index is 0.0329. The summed E-state index contributed by atoms with van der Waals surface area (Å²) < 4.78 is 13.8. The van der Waals surface area contributed by atoms with Gasteiger partial charge < -0.3 is 15.1 Å². The molecule has 2 saturated heterocycles. The average Bonchev–Trinajstić information content (AvgIpc) is 2.61. The van der Waals surface area contributed by atoms with E-state index < -0.39 is 6.04 Å². The molecule has 1 atom stereocenters. The highest BCUT2D eigenvalue weighted by molar-refractivity contribution is 5.89. The Hall–Kier alpha value is -1.95. The van der Waals surface area contributed by atoms with E-state index in [4.69, 9.17) is 0 Å². The van der Waals surface area contributed by atoms with E-state index in [-0.39, 0.29) is 30.6 Å². The number of hydrogen-bond acceptors (Lipinski definition) is 3. The van der Waals surface area contributed by atoms with Gasteiger partial charge in [-0.1, -0.05) is 25.1 Å². The second-order valence-corrected chi connectivity index (χ2v) is 7.13. The Labute approximate surface area is 148 Å². The van der Waals surface area contributed by atoms with Crippen molar-refractivity contribution >= 4 is 11.8 Å². The van der Waals surface area contributed by atoms with Gasteiger partial charge in [-0.25, -0.2) is 4.39 Å². The van der Waals surface area contributed by atoms with Gasteiger partial charge in [0.2, 0.25) is 11.8 Å². The average molecular weight is 347 g/mol. The summed E-state index contributed by atoms with van der Waals surface area (Å²) in [6.45, 7) is 5.15. The lowest BCUT2D eigenvalue weighted by Gasteiger charge is -2.35. The van der Waals surface area contributed by atoms with Crippen molar-refractivity contribution in [3.05, 3.63) is 35.6 Å². The van der Waals surface area contributed by atoms with E-state index in [1.807, 2.05) is 4.90 Å². The quantitative estimate of drug-likeness (QED) is 0.903. The van der Waals surface area contributed by atoms with Crippen molar-refractivity contribution in [2.24, 2.45) is 5.92 Å². The first-order valence-corrected chi connectivity index (χ1v) is 9.08. The number of nitrogens with one attached hydrogen (secondary N) is 1. The first-order chi connectivity index (χ1) is 12.0. The number of halogens is 1. The van der Waals surface area contributed by atoms with Crippen LogP contribution in [0.15, 0.2) is 24.3 Å². The third kappa shape index (κ3) is 4.37. The fourth-order valence-corrected chi connectivity index (χ4v) is 3.50. The highest BCUT2D eigenvalue weighted by Crippen LogP contribution is 2.18. The summed E-state index contributed by atoms with van der Waals surface area (Å²) in [5.74, 6) is 0.275. The van der Waals surface area contributed by atoms with Gasteiger partial charge in [0.05, 0.1) is 12.5 Å². The van der Waals surface area contributed by atoms with Crippen LogP contribution in [0.2, 0.25) is 0 Å². The van der Waals surface area contributed by atoms with Crippen LogP contribution < -0.4 is 5.32 Å². The summed E-state index contributed by atoms with van der Waals surface area (Å²) in [4.78, 5) is 28.7. The number of benzene rings is 1. The monoisotopic (exact) mass is 347 g/mol. The smallest absolute Gasteiger partial charge is 0.240 e. The number of amides is 2. The first kappa shape index (κ1) is 17.9. The molecule has 1 N–H and O–H groups in total. The Kier molecular flexibility index (Phi) is 5.68. The van der Waals surface area contributed by atoms with Crippen molar-refractivity contribution in [1.82, 2.24) is 15.1 Å². The molecule has 2 aliphatic heterocycles. The predicted octanol–water partition coefficient (Wildman–Crippen LogP) is 1.77. The fraction of sp³-hybridized carbons (Fsp3) is 0.579. The van der Waals surface area contributed by atoms with Gasteiger partial charge in [0.1, 0.15) is 5.82 Å². The van der Waals surface area contributed by atoms with Crippen LogP contribution in [-0.4, -0.2) is 53.8 Å². The van der Waals surface area contributed by atoms with Crippen LogP contribution in [0, 0.1) is 11.7 Å². The van der Waals surface area contributed by atoms with Crippen molar-refractivity contribution in [3.63, 3.8) is 0 Å². The molecule has 0 aromatic heterocycles. The Morgan fingerprint density at radius 3 is 2.68 bits per heavy atom. The van der Waals surface area contributed by atoms with Crippen molar-refractivity contribution in [1.29, 1.82) is 0 Å². The molecule has 3 rings (SSSR count). The number of likely N-dealkylation sites (tertiary alicyclic amines) is 1. The number of hydrogen-bond donors (Lipinski definition) is 1. The molecule has 136 valence electrons. The van der Waals surface area contributed by atoms with E-state index in [9.17, 15) is 14.0 Å². The maximum Gasteiger partial charge on any atom is 0.240 e. The van der Waals surface area contributed by atoms with Gasteiger partial charge in [-0.15, -0.1) is 0 Å². The van der Waals surface area contributed by atoms with Gasteiger partial charge in [0, 0.05) is 38.3 Å². The van der Waals surface area contributed by atoms with Crippen molar-refractivity contribution in [2.75, 3.05) is 26.2 Å². The molecule has 2 aliphatic rings. The zero-order valence-corrected chi connectivity index (χ0v) is 14.7. The molecule has 5 nitrogen and oxygen atoms in total. The van der Waals surface area contributed by atoms with Gasteiger partial charge in [-0.2, -0.15) is 0 Å². The molecule has 1 unspecified atom stereocenters. The van der Waals surface area contributed by atoms with Gasteiger partial charge in [-0.05, 0) is 24.8 Å². The molecule has 0 aliphatic carbocycles. The Balaban J connectivity index is 1.58. The molecule has 25 heavy (non-hydrogen) atoms. The molecule has 0 radical (unpaired) electrons. The Morgan fingerprint density at radius 1 is 1.24 bits per heavy atom. The van der Waals surface area contributed by atoms with Crippen LogP contribution >= 0.6 is 0 Å². The van der Waals surface area contributed by atoms with E-state index in [1.165, 1.54) is 6.07 Å². The van der Waals surface area contributed by atoms with Gasteiger partial charge in [0.25, 0.3) is 0 Å². The van der Waals surface area contributed by atoms with E-state index in [0.29, 0.717) is 24.6 Å². The van der Waals surface area contributed by atoms with Crippen LogP contribution in [0.25, 0.3) is 0 Å². The minimum Gasteiger partial charge on any atom is -0.343 e. The van der Waals surface area contributed by atoms with Crippen LogP contribution in [0.1, 0.15) is 31.7 Å². The lowest BCUT2D eigenvalue weighted by atomic mass is 9.98. The second-order valence-electron chi connectivity index (χ2n) is 7.13. The number of rotatable bonds is 4. The van der Waals surface area contributed by atoms with Crippen LogP contribution in [0.3, 0.4) is 0 Å². The molecule has 1 aromatic rings. The Morgan fingerprint density at radius 2 is 1.96 bits per heavy atom. The molecule has 2 fully saturated rings. The molecule has 0 spiro atoms. The topological polar surface area (TPSA) is 52.7 Å². The van der Waals surface area contributed by atoms with Crippen LogP contribution in [-0.2, 0) is 16.1 Å². The fourth-order valence-electron chi connectivity index (χ4n) is 3.50. The molecule has 6 heteroatoms.